The minimum Gasteiger partial charge on any atom is -0.293 e. The number of fused-ring (bicyclic) bond motifs is 4. The van der Waals surface area contributed by atoms with E-state index in [9.17, 15) is 9.59 Å². The van der Waals surface area contributed by atoms with E-state index >= 15 is 0 Å². The van der Waals surface area contributed by atoms with Crippen molar-refractivity contribution in [3.8, 4) is 0 Å². The van der Waals surface area contributed by atoms with E-state index in [2.05, 4.69) is 36.4 Å². The highest BCUT2D eigenvalue weighted by Gasteiger charge is 2.75. The summed E-state index contributed by atoms with van der Waals surface area (Å²) in [6, 6.07) is 20.8. The van der Waals surface area contributed by atoms with Gasteiger partial charge >= 0.3 is 0 Å². The molecule has 4 aromatic rings. The highest BCUT2D eigenvalue weighted by molar-refractivity contribution is 6.26. The maximum Gasteiger partial charge on any atom is 0.174 e. The molecule has 29 heavy (non-hydrogen) atoms. The molecule has 2 heteroatoms. The van der Waals surface area contributed by atoms with Crippen LogP contribution in [-0.4, -0.2) is 11.6 Å². The quantitative estimate of drug-likeness (QED) is 0.353. The molecule has 3 aliphatic carbocycles. The van der Waals surface area contributed by atoms with Crippen molar-refractivity contribution in [3.05, 3.63) is 96.1 Å². The van der Waals surface area contributed by atoms with Crippen molar-refractivity contribution in [2.24, 2.45) is 10.8 Å². The van der Waals surface area contributed by atoms with Crippen molar-refractivity contribution >= 4 is 43.9 Å². The van der Waals surface area contributed by atoms with Crippen molar-refractivity contribution in [2.75, 3.05) is 0 Å². The lowest BCUT2D eigenvalue weighted by molar-refractivity contribution is 0.0802. The fourth-order valence-corrected chi connectivity index (χ4v) is 5.57. The van der Waals surface area contributed by atoms with Gasteiger partial charge in [0.25, 0.3) is 0 Å². The van der Waals surface area contributed by atoms with Crippen molar-refractivity contribution < 1.29 is 9.59 Å². The summed E-state index contributed by atoms with van der Waals surface area (Å²) in [7, 11) is 0. The Bertz CT molecular complexity index is 1410. The zero-order chi connectivity index (χ0) is 19.4. The second-order valence-corrected chi connectivity index (χ2v) is 8.64. The smallest absolute Gasteiger partial charge is 0.174 e. The molecule has 4 aromatic carbocycles. The first kappa shape index (κ1) is 15.4. The predicted octanol–water partition coefficient (Wildman–Crippen LogP) is 6.03. The van der Waals surface area contributed by atoms with E-state index in [0.717, 1.165) is 21.5 Å². The van der Waals surface area contributed by atoms with Gasteiger partial charge in [-0.1, -0.05) is 48.6 Å². The highest BCUT2D eigenvalue weighted by atomic mass is 16.1. The molecule has 0 N–H and O–H groups in total. The predicted molar refractivity (Wildman–Crippen MR) is 115 cm³/mol. The average molecular weight is 372 g/mol. The number of ketones is 2. The number of hydrogen-bond donors (Lipinski definition) is 0. The standard InChI is InChI=1S/C27H16O2/c28-24-22-13-20-11-18-9-16-5-1-2-6-17(16)10-19(18)12-21(20)14-23(22)25(29)27-8-4-3-7-26(24,27)15-27/h1-14H,15H2. The van der Waals surface area contributed by atoms with Gasteiger partial charge in [0.1, 0.15) is 0 Å². The zero-order valence-corrected chi connectivity index (χ0v) is 15.6. The monoisotopic (exact) mass is 372 g/mol. The second-order valence-electron chi connectivity index (χ2n) is 8.64. The number of Topliss-reactive ketones (excluding diaryl/α,β-unsaturated/α-hetero) is 2. The van der Waals surface area contributed by atoms with Crippen LogP contribution in [-0.2, 0) is 0 Å². The molecule has 3 aliphatic rings. The van der Waals surface area contributed by atoms with Gasteiger partial charge in [0.2, 0.25) is 0 Å². The summed E-state index contributed by atoms with van der Waals surface area (Å²) in [5.74, 6) is 0.182. The lowest BCUT2D eigenvalue weighted by Gasteiger charge is -2.28. The first-order valence-corrected chi connectivity index (χ1v) is 9.98. The topological polar surface area (TPSA) is 34.1 Å². The first-order valence-electron chi connectivity index (χ1n) is 9.98. The lowest BCUT2D eigenvalue weighted by atomic mass is 9.72. The van der Waals surface area contributed by atoms with Gasteiger partial charge < -0.3 is 0 Å². The van der Waals surface area contributed by atoms with Gasteiger partial charge in [0.05, 0.1) is 10.8 Å². The summed E-state index contributed by atoms with van der Waals surface area (Å²) in [5.41, 5.74) is -0.134. The summed E-state index contributed by atoms with van der Waals surface area (Å²) in [4.78, 5) is 26.8. The van der Waals surface area contributed by atoms with E-state index in [1.807, 2.05) is 48.6 Å². The molecular weight excluding hydrogens is 356 g/mol. The summed E-state index contributed by atoms with van der Waals surface area (Å²) < 4.78 is 0. The molecule has 2 unspecified atom stereocenters. The first-order chi connectivity index (χ1) is 14.1. The summed E-state index contributed by atoms with van der Waals surface area (Å²) in [5, 5.41) is 6.70. The van der Waals surface area contributed by atoms with Crippen LogP contribution >= 0.6 is 0 Å². The van der Waals surface area contributed by atoms with Crippen LogP contribution in [0.5, 0.6) is 0 Å². The van der Waals surface area contributed by atoms with Gasteiger partial charge in [-0.05, 0) is 75.1 Å². The third kappa shape index (κ3) is 1.69. The number of rotatable bonds is 0. The molecule has 0 saturated heterocycles. The Kier molecular flexibility index (Phi) is 2.51. The van der Waals surface area contributed by atoms with E-state index < -0.39 is 10.8 Å². The molecule has 0 aliphatic heterocycles. The van der Waals surface area contributed by atoms with Gasteiger partial charge in [-0.15, -0.1) is 0 Å². The van der Waals surface area contributed by atoms with E-state index in [1.165, 1.54) is 10.8 Å². The maximum atomic E-state index is 13.4. The van der Waals surface area contributed by atoms with Gasteiger partial charge in [0.15, 0.2) is 11.6 Å². The zero-order valence-electron chi connectivity index (χ0n) is 15.6. The molecule has 0 amide bonds. The molecule has 0 radical (unpaired) electrons. The largest absolute Gasteiger partial charge is 0.293 e. The van der Waals surface area contributed by atoms with Gasteiger partial charge in [-0.25, -0.2) is 0 Å². The Labute approximate surface area is 167 Å². The van der Waals surface area contributed by atoms with Gasteiger partial charge in [-0.2, -0.15) is 0 Å². The SMILES string of the molecule is O=C1c2cc3cc4cc5ccccc5cc4cc3cc2C(=O)C23C=CC=CC12C3. The van der Waals surface area contributed by atoms with E-state index in [4.69, 9.17) is 0 Å². The Hall–Kier alpha value is -3.52. The van der Waals surface area contributed by atoms with Crippen LogP contribution in [0.1, 0.15) is 27.1 Å². The Morgan fingerprint density at radius 3 is 1.45 bits per heavy atom. The number of carbonyl (C=O) groups is 2. The van der Waals surface area contributed by atoms with Crippen LogP contribution in [0.2, 0.25) is 0 Å². The maximum absolute atomic E-state index is 13.4. The number of allylic oxidation sites excluding steroid dienone is 4. The lowest BCUT2D eigenvalue weighted by Crippen LogP contribution is -2.35. The van der Waals surface area contributed by atoms with Crippen LogP contribution in [0.25, 0.3) is 32.3 Å². The molecule has 0 spiro atoms. The Morgan fingerprint density at radius 1 is 0.552 bits per heavy atom. The average Bonchev–Trinajstić information content (AvgIpc) is 3.46. The molecule has 0 heterocycles. The fraction of sp³-hybridized carbons (Fsp3) is 0.111. The Morgan fingerprint density at radius 2 is 0.966 bits per heavy atom. The molecule has 1 saturated carbocycles. The van der Waals surface area contributed by atoms with Crippen LogP contribution in [0.4, 0.5) is 0 Å². The van der Waals surface area contributed by atoms with Gasteiger partial charge in [-0.3, -0.25) is 9.59 Å². The third-order valence-corrected chi connectivity index (χ3v) is 7.20. The molecule has 7 rings (SSSR count). The minimum absolute atomic E-state index is 0.0909. The van der Waals surface area contributed by atoms with Crippen molar-refractivity contribution in [1.82, 2.24) is 0 Å². The summed E-state index contributed by atoms with van der Waals surface area (Å²) >= 11 is 0. The summed E-state index contributed by atoms with van der Waals surface area (Å²) in [6.45, 7) is 0. The molecule has 2 nitrogen and oxygen atoms in total. The molecule has 0 aromatic heterocycles. The van der Waals surface area contributed by atoms with Crippen LogP contribution in [0, 0.1) is 10.8 Å². The molecule has 136 valence electrons. The number of carbonyl (C=O) groups excluding carboxylic acids is 2. The minimum atomic E-state index is -0.646. The molecule has 0 bridgehead atoms. The van der Waals surface area contributed by atoms with Crippen LogP contribution in [0.15, 0.2) is 85.0 Å². The fourth-order valence-electron chi connectivity index (χ4n) is 5.57. The van der Waals surface area contributed by atoms with Crippen molar-refractivity contribution in [3.63, 3.8) is 0 Å². The molecule has 2 atom stereocenters. The van der Waals surface area contributed by atoms with E-state index in [1.54, 1.807) is 0 Å². The number of hydrogen-bond acceptors (Lipinski definition) is 2. The second kappa shape index (κ2) is 4.72. The number of benzene rings is 4. The third-order valence-electron chi connectivity index (χ3n) is 7.20. The molecular formula is C27H16O2. The molecule has 1 fully saturated rings. The van der Waals surface area contributed by atoms with E-state index in [-0.39, 0.29) is 11.6 Å². The summed E-state index contributed by atoms with van der Waals surface area (Å²) in [6.07, 6.45) is 8.28. The van der Waals surface area contributed by atoms with E-state index in [0.29, 0.717) is 17.5 Å². The normalized spacial score (nSPS) is 26.6. The Balaban J connectivity index is 1.52. The van der Waals surface area contributed by atoms with Crippen molar-refractivity contribution in [1.29, 1.82) is 0 Å². The van der Waals surface area contributed by atoms with Gasteiger partial charge in [0, 0.05) is 11.1 Å². The van der Waals surface area contributed by atoms with Crippen LogP contribution in [0.3, 0.4) is 0 Å². The highest BCUT2D eigenvalue weighted by Crippen LogP contribution is 2.71. The van der Waals surface area contributed by atoms with Crippen molar-refractivity contribution in [2.45, 2.75) is 6.42 Å². The van der Waals surface area contributed by atoms with Crippen LogP contribution < -0.4 is 0 Å².